The second kappa shape index (κ2) is 6.63. The van der Waals surface area contributed by atoms with Crippen molar-refractivity contribution in [3.05, 3.63) is 52.6 Å². The summed E-state index contributed by atoms with van der Waals surface area (Å²) >= 11 is 0. The van der Waals surface area contributed by atoms with Gasteiger partial charge in [-0.25, -0.2) is 9.97 Å². The van der Waals surface area contributed by atoms with Crippen LogP contribution in [0.25, 0.3) is 11.0 Å². The molecule has 1 fully saturated rings. The smallest absolute Gasteiger partial charge is 0.255 e. The number of aryl methyl sites for hydroxylation is 1. The fraction of sp³-hybridized carbons (Fsp3) is 0.368. The molecule has 1 aliphatic rings. The van der Waals surface area contributed by atoms with Crippen LogP contribution in [0.5, 0.6) is 0 Å². The first kappa shape index (κ1) is 15.7. The lowest BCUT2D eigenvalue weighted by Gasteiger charge is -2.18. The van der Waals surface area contributed by atoms with E-state index in [1.54, 1.807) is 12.4 Å². The van der Waals surface area contributed by atoms with Gasteiger partial charge in [-0.05, 0) is 37.5 Å². The topological polar surface area (TPSA) is 72.7 Å². The monoisotopic (exact) mass is 335 g/mol. The van der Waals surface area contributed by atoms with Gasteiger partial charge in [0.05, 0.1) is 0 Å². The van der Waals surface area contributed by atoms with Crippen LogP contribution in [0.15, 0.2) is 41.5 Å². The Hall–Kier alpha value is -2.76. The molecule has 6 heteroatoms. The summed E-state index contributed by atoms with van der Waals surface area (Å²) in [7, 11) is 0. The molecule has 0 aromatic carbocycles. The molecule has 0 bridgehead atoms. The summed E-state index contributed by atoms with van der Waals surface area (Å²) in [6, 6.07) is 7.78. The zero-order chi connectivity index (χ0) is 17.2. The quantitative estimate of drug-likeness (QED) is 0.788. The molecular formula is C19H21N5O. The molecule has 3 aromatic heterocycles. The van der Waals surface area contributed by atoms with E-state index in [0.29, 0.717) is 17.4 Å². The Labute approximate surface area is 146 Å². The van der Waals surface area contributed by atoms with Gasteiger partial charge in [0.2, 0.25) is 5.95 Å². The second-order valence-corrected chi connectivity index (χ2v) is 6.45. The van der Waals surface area contributed by atoms with Gasteiger partial charge in [0.1, 0.15) is 11.5 Å². The van der Waals surface area contributed by atoms with E-state index in [1.807, 2.05) is 35.8 Å². The van der Waals surface area contributed by atoms with Gasteiger partial charge in [0.25, 0.3) is 5.56 Å². The number of fused-ring (bicyclic) bond motifs is 1. The van der Waals surface area contributed by atoms with Crippen LogP contribution >= 0.6 is 0 Å². The summed E-state index contributed by atoms with van der Waals surface area (Å²) in [4.78, 5) is 26.2. The first-order valence-corrected chi connectivity index (χ1v) is 8.85. The van der Waals surface area contributed by atoms with Gasteiger partial charge in [-0.15, -0.1) is 0 Å². The van der Waals surface area contributed by atoms with Crippen molar-refractivity contribution in [3.8, 4) is 0 Å². The van der Waals surface area contributed by atoms with Crippen LogP contribution in [0.2, 0.25) is 0 Å². The van der Waals surface area contributed by atoms with Crippen LogP contribution in [0.4, 0.5) is 11.8 Å². The largest absolute Gasteiger partial charge is 0.309 e. The summed E-state index contributed by atoms with van der Waals surface area (Å²) in [5.41, 5.74) is 1.63. The van der Waals surface area contributed by atoms with E-state index in [1.165, 1.54) is 12.8 Å². The van der Waals surface area contributed by atoms with Crippen molar-refractivity contribution in [2.24, 2.45) is 0 Å². The Bertz CT molecular complexity index is 945. The first-order chi connectivity index (χ1) is 12.3. The molecule has 1 saturated carbocycles. The highest BCUT2D eigenvalue weighted by atomic mass is 16.1. The zero-order valence-corrected chi connectivity index (χ0v) is 14.3. The molecular weight excluding hydrogens is 314 g/mol. The minimum atomic E-state index is 0.0874. The number of hydrogen-bond acceptors (Lipinski definition) is 5. The lowest BCUT2D eigenvalue weighted by atomic mass is 10.1. The predicted molar refractivity (Wildman–Crippen MR) is 98.2 cm³/mol. The molecule has 3 aromatic rings. The Balaban J connectivity index is 1.85. The standard InChI is InChI=1S/C19H21N5O/c1-2-13-11-14-12-21-19(22-16-9-5-6-10-20-16)23-17(14)24(18(13)25)15-7-3-4-8-15/h5-6,9-12,15H,2-4,7-8H2,1H3,(H,20,21,22,23). The minimum Gasteiger partial charge on any atom is -0.309 e. The summed E-state index contributed by atoms with van der Waals surface area (Å²) in [5, 5.41) is 4.03. The highest BCUT2D eigenvalue weighted by molar-refractivity contribution is 5.76. The van der Waals surface area contributed by atoms with Gasteiger partial charge in [-0.1, -0.05) is 25.8 Å². The lowest BCUT2D eigenvalue weighted by molar-refractivity contribution is 0.513. The summed E-state index contributed by atoms with van der Waals surface area (Å²) < 4.78 is 1.90. The van der Waals surface area contributed by atoms with Gasteiger partial charge < -0.3 is 5.32 Å². The molecule has 25 heavy (non-hydrogen) atoms. The number of nitrogens with zero attached hydrogens (tertiary/aromatic N) is 4. The summed E-state index contributed by atoms with van der Waals surface area (Å²) in [6.07, 6.45) is 8.63. The number of rotatable bonds is 4. The third-order valence-corrected chi connectivity index (χ3v) is 4.82. The second-order valence-electron chi connectivity index (χ2n) is 6.45. The van der Waals surface area contributed by atoms with Crippen molar-refractivity contribution in [1.29, 1.82) is 0 Å². The van der Waals surface area contributed by atoms with Gasteiger partial charge in [0, 0.05) is 29.4 Å². The van der Waals surface area contributed by atoms with Gasteiger partial charge in [0.15, 0.2) is 0 Å². The maximum Gasteiger partial charge on any atom is 0.255 e. The van der Waals surface area contributed by atoms with Gasteiger partial charge in [-0.2, -0.15) is 4.98 Å². The molecule has 0 radical (unpaired) electrons. The van der Waals surface area contributed by atoms with Crippen LogP contribution in [-0.2, 0) is 6.42 Å². The Kier molecular flexibility index (Phi) is 4.17. The third-order valence-electron chi connectivity index (χ3n) is 4.82. The fourth-order valence-electron chi connectivity index (χ4n) is 3.54. The van der Waals surface area contributed by atoms with Crippen LogP contribution in [0, 0.1) is 0 Å². The van der Waals surface area contributed by atoms with Crippen LogP contribution in [0.3, 0.4) is 0 Å². The fourth-order valence-corrected chi connectivity index (χ4v) is 3.54. The molecule has 3 heterocycles. The van der Waals surface area contributed by atoms with E-state index in [0.717, 1.165) is 30.2 Å². The van der Waals surface area contributed by atoms with Crippen LogP contribution < -0.4 is 10.9 Å². The number of nitrogens with one attached hydrogen (secondary N) is 1. The van der Waals surface area contributed by atoms with E-state index in [9.17, 15) is 4.79 Å². The highest BCUT2D eigenvalue weighted by Crippen LogP contribution is 2.30. The zero-order valence-electron chi connectivity index (χ0n) is 14.3. The normalized spacial score (nSPS) is 14.9. The van der Waals surface area contributed by atoms with Crippen molar-refractivity contribution in [3.63, 3.8) is 0 Å². The average Bonchev–Trinajstić information content (AvgIpc) is 3.16. The van der Waals surface area contributed by atoms with E-state index < -0.39 is 0 Å². The Morgan fingerprint density at radius 3 is 2.80 bits per heavy atom. The molecule has 0 saturated heterocycles. The maximum absolute atomic E-state index is 12.9. The molecule has 1 aliphatic carbocycles. The molecule has 6 nitrogen and oxygen atoms in total. The third kappa shape index (κ3) is 2.99. The van der Waals surface area contributed by atoms with E-state index in [2.05, 4.69) is 20.3 Å². The van der Waals surface area contributed by atoms with Crippen molar-refractivity contribution < 1.29 is 0 Å². The Morgan fingerprint density at radius 2 is 2.08 bits per heavy atom. The van der Waals surface area contributed by atoms with Gasteiger partial charge >= 0.3 is 0 Å². The Morgan fingerprint density at radius 1 is 1.24 bits per heavy atom. The molecule has 0 spiro atoms. The molecule has 0 unspecified atom stereocenters. The number of aromatic nitrogens is 4. The summed E-state index contributed by atoms with van der Waals surface area (Å²) in [6.45, 7) is 2.01. The maximum atomic E-state index is 12.9. The van der Waals surface area contributed by atoms with Crippen molar-refractivity contribution in [2.75, 3.05) is 5.32 Å². The molecule has 0 atom stereocenters. The molecule has 0 aliphatic heterocycles. The minimum absolute atomic E-state index is 0.0874. The lowest BCUT2D eigenvalue weighted by Crippen LogP contribution is -2.27. The van der Waals surface area contributed by atoms with E-state index in [-0.39, 0.29) is 11.6 Å². The van der Waals surface area contributed by atoms with Gasteiger partial charge in [-0.3, -0.25) is 9.36 Å². The van der Waals surface area contributed by atoms with E-state index >= 15 is 0 Å². The summed E-state index contributed by atoms with van der Waals surface area (Å²) in [5.74, 6) is 1.14. The van der Waals surface area contributed by atoms with Crippen LogP contribution in [-0.4, -0.2) is 19.5 Å². The molecule has 0 amide bonds. The number of hydrogen-bond donors (Lipinski definition) is 1. The van der Waals surface area contributed by atoms with Crippen molar-refractivity contribution in [2.45, 2.75) is 45.1 Å². The number of anilines is 2. The molecule has 4 rings (SSSR count). The average molecular weight is 335 g/mol. The SMILES string of the molecule is CCc1cc2cnc(Nc3ccccn3)nc2n(C2CCCC2)c1=O. The van der Waals surface area contributed by atoms with Crippen LogP contribution in [0.1, 0.15) is 44.2 Å². The number of pyridine rings is 2. The highest BCUT2D eigenvalue weighted by Gasteiger charge is 2.22. The van der Waals surface area contributed by atoms with Crippen molar-refractivity contribution >= 4 is 22.8 Å². The predicted octanol–water partition coefficient (Wildman–Crippen LogP) is 3.61. The first-order valence-electron chi connectivity index (χ1n) is 8.85. The molecule has 1 N–H and O–H groups in total. The van der Waals surface area contributed by atoms with Crippen molar-refractivity contribution in [1.82, 2.24) is 19.5 Å². The van der Waals surface area contributed by atoms with E-state index in [4.69, 9.17) is 0 Å². The molecule has 128 valence electrons.